The predicted molar refractivity (Wildman–Crippen MR) is 269 cm³/mol. The van der Waals surface area contributed by atoms with Crippen LogP contribution in [0.15, 0.2) is 48.6 Å². The van der Waals surface area contributed by atoms with Crippen LogP contribution in [0.4, 0.5) is 0 Å². The van der Waals surface area contributed by atoms with Gasteiger partial charge in [0.15, 0.2) is 0 Å². The van der Waals surface area contributed by atoms with E-state index in [0.717, 1.165) is 77.0 Å². The van der Waals surface area contributed by atoms with Crippen LogP contribution in [0.3, 0.4) is 0 Å². The third-order valence-electron chi connectivity index (χ3n) is 12.1. The Labute approximate surface area is 385 Å². The Morgan fingerprint density at radius 2 is 0.871 bits per heavy atom. The Morgan fingerprint density at radius 1 is 0.484 bits per heavy atom. The molecule has 6 nitrogen and oxygen atoms in total. The smallest absolute Gasteiger partial charge is 0.306 e. The van der Waals surface area contributed by atoms with E-state index < -0.39 is 18.2 Å². The lowest BCUT2D eigenvalue weighted by Crippen LogP contribution is -2.46. The number of allylic oxidation sites excluding steroid dienone is 8. The number of unbranched alkanes of at least 4 members (excludes halogenated alkanes) is 28. The fraction of sp³-hybridized carbons (Fsp3) is 0.821. The Kier molecular flexibility index (Phi) is 48.1. The van der Waals surface area contributed by atoms with E-state index in [1.807, 2.05) is 0 Å². The molecule has 0 aliphatic rings. The molecule has 0 aliphatic heterocycles. The van der Waals surface area contributed by atoms with Gasteiger partial charge in [0.1, 0.15) is 6.10 Å². The van der Waals surface area contributed by atoms with Crippen LogP contribution in [-0.4, -0.2) is 46.9 Å². The fourth-order valence-electron chi connectivity index (χ4n) is 8.09. The molecule has 0 spiro atoms. The lowest BCUT2D eigenvalue weighted by molar-refractivity contribution is -0.151. The fourth-order valence-corrected chi connectivity index (χ4v) is 8.09. The molecule has 0 saturated carbocycles. The Bertz CT molecular complexity index is 1070. The first-order valence-corrected chi connectivity index (χ1v) is 26.9. The normalized spacial score (nSPS) is 13.6. The molecule has 0 fully saturated rings. The number of nitrogens with one attached hydrogen (secondary N) is 1. The zero-order valence-electron chi connectivity index (χ0n) is 41.3. The maximum Gasteiger partial charge on any atom is 0.306 e. The molecule has 6 heteroatoms. The minimum atomic E-state index is -0.798. The van der Waals surface area contributed by atoms with Crippen LogP contribution >= 0.6 is 0 Å². The Morgan fingerprint density at radius 3 is 1.35 bits per heavy atom. The van der Waals surface area contributed by atoms with E-state index in [2.05, 4.69) is 74.7 Å². The van der Waals surface area contributed by atoms with Crippen molar-refractivity contribution in [2.45, 2.75) is 289 Å². The molecule has 0 aliphatic carbocycles. The van der Waals surface area contributed by atoms with Gasteiger partial charge in [-0.1, -0.05) is 223 Å². The summed E-state index contributed by atoms with van der Waals surface area (Å²) >= 11 is 0. The first-order chi connectivity index (χ1) is 30.5. The molecule has 0 heterocycles. The summed E-state index contributed by atoms with van der Waals surface area (Å²) < 4.78 is 5.92. The van der Waals surface area contributed by atoms with Crippen LogP contribution in [0, 0.1) is 0 Å². The summed E-state index contributed by atoms with van der Waals surface area (Å²) in [6, 6.07) is -0.714. The molecule has 362 valence electrons. The number of aliphatic hydroxyl groups is 2. The Hall–Kier alpha value is -2.18. The lowest BCUT2D eigenvalue weighted by atomic mass is 10.0. The molecule has 0 aromatic carbocycles. The highest BCUT2D eigenvalue weighted by Gasteiger charge is 2.24. The molecular formula is C56H103NO5. The second-order valence-corrected chi connectivity index (χ2v) is 18.2. The van der Waals surface area contributed by atoms with Crippen molar-refractivity contribution in [2.24, 2.45) is 0 Å². The maximum atomic E-state index is 13.2. The van der Waals surface area contributed by atoms with Gasteiger partial charge in [-0.05, 0) is 83.5 Å². The van der Waals surface area contributed by atoms with Gasteiger partial charge in [0.2, 0.25) is 5.91 Å². The zero-order valence-corrected chi connectivity index (χ0v) is 41.3. The molecule has 0 rings (SSSR count). The monoisotopic (exact) mass is 870 g/mol. The predicted octanol–water partition coefficient (Wildman–Crippen LogP) is 16.2. The van der Waals surface area contributed by atoms with Gasteiger partial charge in [-0.2, -0.15) is 0 Å². The molecular weight excluding hydrogens is 767 g/mol. The summed E-state index contributed by atoms with van der Waals surface area (Å²) in [6.45, 7) is 6.37. The summed E-state index contributed by atoms with van der Waals surface area (Å²) in [6.07, 6.45) is 60.3. The lowest BCUT2D eigenvalue weighted by Gasteiger charge is -2.24. The molecule has 3 N–H and O–H groups in total. The number of amides is 1. The van der Waals surface area contributed by atoms with E-state index in [4.69, 9.17) is 4.74 Å². The molecule has 3 unspecified atom stereocenters. The van der Waals surface area contributed by atoms with Crippen LogP contribution in [0.2, 0.25) is 0 Å². The number of aliphatic hydroxyl groups excluding tert-OH is 2. The van der Waals surface area contributed by atoms with Crippen molar-refractivity contribution in [2.75, 3.05) is 6.61 Å². The van der Waals surface area contributed by atoms with Gasteiger partial charge in [-0.3, -0.25) is 9.59 Å². The summed E-state index contributed by atoms with van der Waals surface area (Å²) in [4.78, 5) is 26.2. The largest absolute Gasteiger partial charge is 0.462 e. The van der Waals surface area contributed by atoms with Crippen molar-refractivity contribution in [1.82, 2.24) is 5.32 Å². The molecule has 1 amide bonds. The summed E-state index contributed by atoms with van der Waals surface area (Å²) in [7, 11) is 0. The third kappa shape index (κ3) is 44.4. The number of ether oxygens (including phenoxy) is 1. The van der Waals surface area contributed by atoms with Crippen LogP contribution < -0.4 is 5.32 Å². The number of carbonyl (C=O) groups is 2. The minimum Gasteiger partial charge on any atom is -0.462 e. The molecule has 3 atom stereocenters. The summed E-state index contributed by atoms with van der Waals surface area (Å²) in [5.41, 5.74) is 0. The first-order valence-electron chi connectivity index (χ1n) is 26.9. The molecule has 62 heavy (non-hydrogen) atoms. The van der Waals surface area contributed by atoms with Gasteiger partial charge in [0.25, 0.3) is 0 Å². The summed E-state index contributed by atoms with van der Waals surface area (Å²) in [5.74, 6) is -0.511. The van der Waals surface area contributed by atoms with Crippen LogP contribution in [0.5, 0.6) is 0 Å². The molecule has 0 saturated heterocycles. The number of rotatable bonds is 48. The van der Waals surface area contributed by atoms with Gasteiger partial charge >= 0.3 is 5.97 Å². The van der Waals surface area contributed by atoms with Crippen LogP contribution in [-0.2, 0) is 14.3 Å². The van der Waals surface area contributed by atoms with E-state index in [0.29, 0.717) is 19.3 Å². The van der Waals surface area contributed by atoms with Crippen molar-refractivity contribution in [1.29, 1.82) is 0 Å². The molecule has 0 aromatic heterocycles. The third-order valence-corrected chi connectivity index (χ3v) is 12.1. The SMILES string of the molecule is CC/C=C/C/C=C/C/C=C/CCCCC(CC(=O)NC(CO)C(O)CCCCCCCCCCCCCCCC)OC(=O)CCCCCCCCC/C=C/CCCCCCCC. The van der Waals surface area contributed by atoms with E-state index >= 15 is 0 Å². The van der Waals surface area contributed by atoms with Crippen molar-refractivity contribution in [3.63, 3.8) is 0 Å². The second kappa shape index (κ2) is 49.8. The Balaban J connectivity index is 4.55. The van der Waals surface area contributed by atoms with Gasteiger partial charge in [0, 0.05) is 6.42 Å². The van der Waals surface area contributed by atoms with Gasteiger partial charge in [0.05, 0.1) is 25.2 Å². The highest BCUT2D eigenvalue weighted by atomic mass is 16.5. The van der Waals surface area contributed by atoms with Gasteiger partial charge in [-0.15, -0.1) is 0 Å². The van der Waals surface area contributed by atoms with E-state index in [-0.39, 0.29) is 24.9 Å². The highest BCUT2D eigenvalue weighted by molar-refractivity contribution is 5.77. The van der Waals surface area contributed by atoms with Gasteiger partial charge < -0.3 is 20.3 Å². The van der Waals surface area contributed by atoms with E-state index in [1.54, 1.807) is 0 Å². The maximum absolute atomic E-state index is 13.2. The van der Waals surface area contributed by atoms with E-state index in [1.165, 1.54) is 148 Å². The average molecular weight is 870 g/mol. The van der Waals surface area contributed by atoms with Crippen molar-refractivity contribution < 1.29 is 24.5 Å². The van der Waals surface area contributed by atoms with Crippen molar-refractivity contribution >= 4 is 11.9 Å². The van der Waals surface area contributed by atoms with Crippen LogP contribution in [0.1, 0.15) is 271 Å². The zero-order chi connectivity index (χ0) is 45.2. The standard InChI is InChI=1S/C56H103NO5/c1-4-7-10-13-16-19-22-25-27-28-29-31-34-37-40-43-46-49-56(61)62-52(47-44-41-38-35-32-24-21-18-15-12-9-6-3)50-55(60)57-53(51-58)54(59)48-45-42-39-36-33-30-26-23-20-17-14-11-8-5-2/h9,12,18,21,25,27,32,35,52-54,58-59H,4-8,10-11,13-17,19-20,22-24,26,28-31,33-34,36-51H2,1-3H3,(H,57,60)/b12-9+,21-18+,27-25+,35-32+. The number of hydrogen-bond acceptors (Lipinski definition) is 5. The van der Waals surface area contributed by atoms with Crippen molar-refractivity contribution in [3.05, 3.63) is 48.6 Å². The number of esters is 1. The van der Waals surface area contributed by atoms with Crippen molar-refractivity contribution in [3.8, 4) is 0 Å². The van der Waals surface area contributed by atoms with Crippen LogP contribution in [0.25, 0.3) is 0 Å². The quantitative estimate of drug-likeness (QED) is 0.0322. The topological polar surface area (TPSA) is 95.9 Å². The summed E-state index contributed by atoms with van der Waals surface area (Å²) in [5, 5.41) is 23.8. The van der Waals surface area contributed by atoms with E-state index in [9.17, 15) is 19.8 Å². The van der Waals surface area contributed by atoms with Gasteiger partial charge in [-0.25, -0.2) is 0 Å². The number of carbonyl (C=O) groups excluding carboxylic acids is 2. The molecule has 0 bridgehead atoms. The highest BCUT2D eigenvalue weighted by Crippen LogP contribution is 2.18. The minimum absolute atomic E-state index is 0.0508. The molecule has 0 radical (unpaired) electrons. The average Bonchev–Trinajstić information content (AvgIpc) is 3.26. The number of hydrogen-bond donors (Lipinski definition) is 3. The second-order valence-electron chi connectivity index (χ2n) is 18.2. The first kappa shape index (κ1) is 59.8. The molecule has 0 aromatic rings.